The molecule has 10 heavy (non-hydrogen) atoms. The van der Waals surface area contributed by atoms with Gasteiger partial charge in [0.25, 0.3) is 0 Å². The van der Waals surface area contributed by atoms with E-state index in [1.807, 2.05) is 0 Å². The molecular formula is C7H14NOSi. The SMILES string of the molecule is NCCCCCC([Si])C=O. The van der Waals surface area contributed by atoms with Crippen LogP contribution in [0.3, 0.4) is 0 Å². The van der Waals surface area contributed by atoms with Gasteiger partial charge in [0.05, 0.1) is 0 Å². The van der Waals surface area contributed by atoms with Crippen LogP contribution < -0.4 is 5.73 Å². The molecule has 1 atom stereocenters. The maximum Gasteiger partial charge on any atom is 0.119 e. The van der Waals surface area contributed by atoms with E-state index in [1.54, 1.807) is 0 Å². The highest BCUT2D eigenvalue weighted by Gasteiger charge is 1.97. The highest BCUT2D eigenvalue weighted by molar-refractivity contribution is 6.19. The molecule has 0 heterocycles. The van der Waals surface area contributed by atoms with Crippen molar-refractivity contribution in [1.29, 1.82) is 0 Å². The van der Waals surface area contributed by atoms with E-state index >= 15 is 0 Å². The molecular weight excluding hydrogens is 142 g/mol. The molecule has 0 aliphatic carbocycles. The van der Waals surface area contributed by atoms with Crippen molar-refractivity contribution in [2.75, 3.05) is 6.54 Å². The summed E-state index contributed by atoms with van der Waals surface area (Å²) in [7, 11) is 3.28. The lowest BCUT2D eigenvalue weighted by atomic mass is 10.1. The Balaban J connectivity index is 2.95. The minimum atomic E-state index is 0.0396. The lowest BCUT2D eigenvalue weighted by molar-refractivity contribution is -0.107. The van der Waals surface area contributed by atoms with Gasteiger partial charge in [-0.1, -0.05) is 12.8 Å². The minimum Gasteiger partial charge on any atom is -0.330 e. The van der Waals surface area contributed by atoms with E-state index in [9.17, 15) is 4.79 Å². The molecule has 0 rings (SSSR count). The molecule has 3 heteroatoms. The Hall–Kier alpha value is -0.153. The average Bonchev–Trinajstić information content (AvgIpc) is 1.98. The van der Waals surface area contributed by atoms with Crippen molar-refractivity contribution < 1.29 is 4.79 Å². The van der Waals surface area contributed by atoms with E-state index in [1.165, 1.54) is 0 Å². The second-order valence-corrected chi connectivity index (χ2v) is 3.12. The first-order valence-corrected chi connectivity index (χ1v) is 4.25. The topological polar surface area (TPSA) is 43.1 Å². The maximum atomic E-state index is 10.1. The molecule has 0 aromatic carbocycles. The van der Waals surface area contributed by atoms with Gasteiger partial charge in [0.1, 0.15) is 6.29 Å². The third kappa shape index (κ3) is 5.97. The number of nitrogens with two attached hydrogens (primary N) is 1. The summed E-state index contributed by atoms with van der Waals surface area (Å²) < 4.78 is 0. The van der Waals surface area contributed by atoms with Crippen LogP contribution in [0.5, 0.6) is 0 Å². The Labute approximate surface area is 65.6 Å². The van der Waals surface area contributed by atoms with Gasteiger partial charge in [-0.05, 0) is 19.4 Å². The zero-order chi connectivity index (χ0) is 7.82. The predicted molar refractivity (Wildman–Crippen MR) is 43.1 cm³/mol. The van der Waals surface area contributed by atoms with Gasteiger partial charge in [-0.3, -0.25) is 0 Å². The third-order valence-electron chi connectivity index (χ3n) is 1.38. The maximum absolute atomic E-state index is 10.1. The Morgan fingerprint density at radius 3 is 2.60 bits per heavy atom. The summed E-state index contributed by atoms with van der Waals surface area (Å²) >= 11 is 0. The van der Waals surface area contributed by atoms with Crippen LogP contribution >= 0.6 is 0 Å². The summed E-state index contributed by atoms with van der Waals surface area (Å²) in [5.41, 5.74) is 5.34. The number of hydrogen-bond donors (Lipinski definition) is 1. The lowest BCUT2D eigenvalue weighted by Crippen LogP contribution is -1.99. The number of carbonyl (C=O) groups excluding carboxylic acids is 1. The summed E-state index contributed by atoms with van der Waals surface area (Å²) in [6.45, 7) is 0.757. The van der Waals surface area contributed by atoms with E-state index in [2.05, 4.69) is 10.2 Å². The fourth-order valence-corrected chi connectivity index (χ4v) is 0.958. The quantitative estimate of drug-likeness (QED) is 0.349. The summed E-state index contributed by atoms with van der Waals surface area (Å²) in [6.07, 6.45) is 5.15. The van der Waals surface area contributed by atoms with Crippen LogP contribution in [-0.4, -0.2) is 23.1 Å². The summed E-state index contributed by atoms with van der Waals surface area (Å²) in [6, 6.07) is 0. The summed E-state index contributed by atoms with van der Waals surface area (Å²) in [4.78, 5) is 10.1. The highest BCUT2D eigenvalue weighted by Crippen LogP contribution is 2.08. The average molecular weight is 156 g/mol. The molecule has 0 amide bonds. The number of aldehydes is 1. The first-order valence-electron chi connectivity index (χ1n) is 3.67. The zero-order valence-corrected chi connectivity index (χ0v) is 7.18. The number of unbranched alkanes of at least 4 members (excludes halogenated alkanes) is 2. The third-order valence-corrected chi connectivity index (χ3v) is 1.81. The number of hydrogen-bond acceptors (Lipinski definition) is 2. The van der Waals surface area contributed by atoms with Crippen molar-refractivity contribution in [2.45, 2.75) is 31.2 Å². The molecule has 3 radical (unpaired) electrons. The van der Waals surface area contributed by atoms with Crippen molar-refractivity contribution >= 4 is 16.5 Å². The van der Waals surface area contributed by atoms with Gasteiger partial charge in [-0.15, -0.1) is 0 Å². The van der Waals surface area contributed by atoms with Gasteiger partial charge in [0, 0.05) is 15.8 Å². The molecule has 2 nitrogen and oxygen atoms in total. The largest absolute Gasteiger partial charge is 0.330 e. The smallest absolute Gasteiger partial charge is 0.119 e. The van der Waals surface area contributed by atoms with E-state index < -0.39 is 0 Å². The summed E-state index contributed by atoms with van der Waals surface area (Å²) in [5.74, 6) is 0. The number of carbonyl (C=O) groups is 1. The zero-order valence-electron chi connectivity index (χ0n) is 6.18. The van der Waals surface area contributed by atoms with E-state index in [0.29, 0.717) is 0 Å². The summed E-state index contributed by atoms with van der Waals surface area (Å²) in [5, 5.41) is 0. The van der Waals surface area contributed by atoms with Crippen molar-refractivity contribution in [3.63, 3.8) is 0 Å². The number of rotatable bonds is 6. The van der Waals surface area contributed by atoms with Gasteiger partial charge in [0.15, 0.2) is 0 Å². The molecule has 0 saturated heterocycles. The van der Waals surface area contributed by atoms with E-state index in [4.69, 9.17) is 5.73 Å². The molecule has 0 spiro atoms. The monoisotopic (exact) mass is 156 g/mol. The minimum absolute atomic E-state index is 0.0396. The molecule has 0 aliphatic rings. The van der Waals surface area contributed by atoms with Crippen LogP contribution in [0, 0.1) is 0 Å². The van der Waals surface area contributed by atoms with Crippen molar-refractivity contribution in [3.8, 4) is 0 Å². The molecule has 0 saturated carbocycles. The molecule has 2 N–H and O–H groups in total. The second-order valence-electron chi connectivity index (χ2n) is 2.38. The van der Waals surface area contributed by atoms with Crippen LogP contribution in [0.25, 0.3) is 0 Å². The molecule has 0 fully saturated rings. The first kappa shape index (κ1) is 9.85. The lowest BCUT2D eigenvalue weighted by Gasteiger charge is -2.00. The second kappa shape index (κ2) is 6.96. The van der Waals surface area contributed by atoms with Gasteiger partial charge < -0.3 is 10.5 Å². The normalized spacial score (nSPS) is 13.0. The Morgan fingerprint density at radius 2 is 2.10 bits per heavy atom. The fourth-order valence-electron chi connectivity index (χ4n) is 0.753. The van der Waals surface area contributed by atoms with Crippen molar-refractivity contribution in [1.82, 2.24) is 0 Å². The Morgan fingerprint density at radius 1 is 1.40 bits per heavy atom. The van der Waals surface area contributed by atoms with Gasteiger partial charge >= 0.3 is 0 Å². The van der Waals surface area contributed by atoms with E-state index in [-0.39, 0.29) is 5.54 Å². The van der Waals surface area contributed by atoms with Crippen LogP contribution in [0.1, 0.15) is 25.7 Å². The molecule has 57 valence electrons. The molecule has 0 aliphatic heterocycles. The van der Waals surface area contributed by atoms with Crippen molar-refractivity contribution in [2.24, 2.45) is 5.73 Å². The molecule has 1 unspecified atom stereocenters. The van der Waals surface area contributed by atoms with Crippen LogP contribution in [0.2, 0.25) is 5.54 Å². The fraction of sp³-hybridized carbons (Fsp3) is 0.857. The standard InChI is InChI=1S/C7H14NOSi/c8-5-3-1-2-4-7(10)6-9/h6-7H,1-5,8H2. The van der Waals surface area contributed by atoms with E-state index in [0.717, 1.165) is 38.5 Å². The van der Waals surface area contributed by atoms with Crippen molar-refractivity contribution in [3.05, 3.63) is 0 Å². The van der Waals surface area contributed by atoms with Gasteiger partial charge in [-0.2, -0.15) is 0 Å². The molecule has 0 aromatic heterocycles. The van der Waals surface area contributed by atoms with Crippen LogP contribution in [0.4, 0.5) is 0 Å². The Kier molecular flexibility index (Phi) is 6.85. The Bertz CT molecular complexity index is 87.7. The first-order chi connectivity index (χ1) is 4.81. The van der Waals surface area contributed by atoms with Crippen LogP contribution in [-0.2, 0) is 4.79 Å². The molecule has 0 aromatic rings. The molecule has 0 bridgehead atoms. The van der Waals surface area contributed by atoms with Crippen LogP contribution in [0.15, 0.2) is 0 Å². The van der Waals surface area contributed by atoms with Gasteiger partial charge in [0.2, 0.25) is 0 Å². The predicted octanol–water partition coefficient (Wildman–Crippen LogP) is 0.661. The van der Waals surface area contributed by atoms with Gasteiger partial charge in [-0.25, -0.2) is 0 Å². The highest BCUT2D eigenvalue weighted by atomic mass is 28.1.